The number of anilines is 3. The van der Waals surface area contributed by atoms with Crippen LogP contribution in [0.5, 0.6) is 5.75 Å². The van der Waals surface area contributed by atoms with E-state index in [0.717, 1.165) is 28.2 Å². The lowest BCUT2D eigenvalue weighted by Gasteiger charge is -2.12. The van der Waals surface area contributed by atoms with E-state index in [2.05, 4.69) is 5.32 Å². The highest BCUT2D eigenvalue weighted by atomic mass is 35.5. The topological polar surface area (TPSA) is 98.5 Å². The second kappa shape index (κ2) is 9.73. The van der Waals surface area contributed by atoms with Crippen molar-refractivity contribution >= 4 is 54.9 Å². The standard InChI is InChI=1S/C26H23ClN2O4S2/c1-15-4-5-16(2)21(14-15)29-26-25(35(31,32)20-12-8-18(27)9-13-20)22(28)24(34-26)23(30)17-6-10-19(33-3)11-7-17/h4-14,29H,28H2,1-3H3. The van der Waals surface area contributed by atoms with Crippen LogP contribution in [0.1, 0.15) is 26.4 Å². The van der Waals surface area contributed by atoms with E-state index in [1.54, 1.807) is 24.3 Å². The molecule has 0 aliphatic carbocycles. The molecule has 0 amide bonds. The predicted octanol–water partition coefficient (Wildman–Crippen LogP) is 6.42. The number of rotatable bonds is 7. The Morgan fingerprint density at radius 2 is 1.66 bits per heavy atom. The predicted molar refractivity (Wildman–Crippen MR) is 141 cm³/mol. The summed E-state index contributed by atoms with van der Waals surface area (Å²) in [5.74, 6) is 0.223. The molecule has 0 spiro atoms. The Balaban J connectivity index is 1.88. The average molecular weight is 527 g/mol. The number of hydrogen-bond acceptors (Lipinski definition) is 7. The highest BCUT2D eigenvalue weighted by Gasteiger charge is 2.32. The van der Waals surface area contributed by atoms with Crippen molar-refractivity contribution < 1.29 is 17.9 Å². The lowest BCUT2D eigenvalue weighted by molar-refractivity contribution is 0.104. The molecule has 4 aromatic rings. The Labute approximate surface area is 213 Å². The molecule has 9 heteroatoms. The molecule has 0 saturated heterocycles. The summed E-state index contributed by atoms with van der Waals surface area (Å²) in [6.07, 6.45) is 0. The monoisotopic (exact) mass is 526 g/mol. The van der Waals surface area contributed by atoms with Gasteiger partial charge in [0.1, 0.15) is 20.5 Å². The van der Waals surface area contributed by atoms with Crippen molar-refractivity contribution in [3.63, 3.8) is 0 Å². The van der Waals surface area contributed by atoms with Gasteiger partial charge in [0.15, 0.2) is 0 Å². The Kier molecular flexibility index (Phi) is 6.89. The van der Waals surface area contributed by atoms with Gasteiger partial charge in [-0.05, 0) is 79.6 Å². The minimum Gasteiger partial charge on any atom is -0.497 e. The molecule has 0 bridgehead atoms. The molecule has 6 nitrogen and oxygen atoms in total. The van der Waals surface area contributed by atoms with Gasteiger partial charge in [0.05, 0.1) is 17.7 Å². The van der Waals surface area contributed by atoms with Gasteiger partial charge >= 0.3 is 0 Å². The van der Waals surface area contributed by atoms with Crippen molar-refractivity contribution in [3.05, 3.63) is 93.3 Å². The largest absolute Gasteiger partial charge is 0.497 e. The first-order chi connectivity index (χ1) is 16.6. The minimum absolute atomic E-state index is 0.0267. The zero-order valence-electron chi connectivity index (χ0n) is 19.3. The van der Waals surface area contributed by atoms with Crippen LogP contribution in [0.25, 0.3) is 0 Å². The fourth-order valence-corrected chi connectivity index (χ4v) is 6.60. The third-order valence-electron chi connectivity index (χ3n) is 5.49. The molecule has 180 valence electrons. The summed E-state index contributed by atoms with van der Waals surface area (Å²) in [5, 5.41) is 3.89. The number of carbonyl (C=O) groups is 1. The third-order valence-corrected chi connectivity index (χ3v) is 8.85. The number of sulfone groups is 1. The fraction of sp³-hybridized carbons (Fsp3) is 0.115. The third kappa shape index (κ3) is 4.91. The van der Waals surface area contributed by atoms with Gasteiger partial charge in [0.25, 0.3) is 0 Å². The van der Waals surface area contributed by atoms with E-state index in [4.69, 9.17) is 22.1 Å². The van der Waals surface area contributed by atoms with Gasteiger partial charge in [-0.25, -0.2) is 8.42 Å². The van der Waals surface area contributed by atoms with Crippen molar-refractivity contribution in [3.8, 4) is 5.75 Å². The van der Waals surface area contributed by atoms with Crippen molar-refractivity contribution in [2.45, 2.75) is 23.6 Å². The Morgan fingerprint density at radius 3 is 2.29 bits per heavy atom. The molecule has 0 fully saturated rings. The Morgan fingerprint density at radius 1 is 1.00 bits per heavy atom. The van der Waals surface area contributed by atoms with Gasteiger partial charge in [0.2, 0.25) is 15.6 Å². The highest BCUT2D eigenvalue weighted by Crippen LogP contribution is 2.44. The van der Waals surface area contributed by atoms with Crippen molar-refractivity contribution in [1.82, 2.24) is 0 Å². The van der Waals surface area contributed by atoms with E-state index in [-0.39, 0.29) is 31.1 Å². The molecule has 35 heavy (non-hydrogen) atoms. The molecule has 4 rings (SSSR count). The normalized spacial score (nSPS) is 11.3. The molecule has 0 aliphatic rings. The van der Waals surface area contributed by atoms with E-state index < -0.39 is 9.84 Å². The van der Waals surface area contributed by atoms with E-state index in [1.165, 1.54) is 31.4 Å². The number of thiophene rings is 1. The van der Waals surface area contributed by atoms with E-state index in [0.29, 0.717) is 16.3 Å². The summed E-state index contributed by atoms with van der Waals surface area (Å²) >= 11 is 6.97. The maximum absolute atomic E-state index is 13.7. The number of aryl methyl sites for hydroxylation is 2. The number of ether oxygens (including phenoxy) is 1. The SMILES string of the molecule is COc1ccc(C(=O)c2sc(Nc3cc(C)ccc3C)c(S(=O)(=O)c3ccc(Cl)cc3)c2N)cc1. The summed E-state index contributed by atoms with van der Waals surface area (Å²) in [7, 11) is -2.54. The van der Waals surface area contributed by atoms with Crippen molar-refractivity contribution in [2.24, 2.45) is 0 Å². The van der Waals surface area contributed by atoms with Crippen LogP contribution in [0, 0.1) is 13.8 Å². The smallest absolute Gasteiger partial charge is 0.211 e. The van der Waals surface area contributed by atoms with Crippen LogP contribution >= 0.6 is 22.9 Å². The van der Waals surface area contributed by atoms with Gasteiger partial charge in [-0.2, -0.15) is 0 Å². The lowest BCUT2D eigenvalue weighted by atomic mass is 10.1. The van der Waals surface area contributed by atoms with Gasteiger partial charge in [-0.3, -0.25) is 4.79 Å². The van der Waals surface area contributed by atoms with E-state index >= 15 is 0 Å². The average Bonchev–Trinajstić information content (AvgIpc) is 3.17. The molecule has 0 radical (unpaired) electrons. The maximum atomic E-state index is 13.7. The first-order valence-corrected chi connectivity index (χ1v) is 13.3. The zero-order chi connectivity index (χ0) is 25.3. The number of hydrogen-bond donors (Lipinski definition) is 2. The summed E-state index contributed by atoms with van der Waals surface area (Å²) in [5.41, 5.74) is 9.30. The number of carbonyl (C=O) groups excluding carboxylic acids is 1. The number of nitrogen functional groups attached to an aromatic ring is 1. The first-order valence-electron chi connectivity index (χ1n) is 10.6. The molecule has 1 aromatic heterocycles. The molecule has 0 unspecified atom stereocenters. The number of halogens is 1. The van der Waals surface area contributed by atoms with Gasteiger partial charge in [-0.1, -0.05) is 23.7 Å². The molecule has 3 N–H and O–H groups in total. The number of nitrogens with two attached hydrogens (primary N) is 1. The van der Waals surface area contributed by atoms with Crippen LogP contribution in [-0.4, -0.2) is 21.3 Å². The van der Waals surface area contributed by atoms with Gasteiger partial charge in [-0.15, -0.1) is 11.3 Å². The second-order valence-electron chi connectivity index (χ2n) is 7.96. The Bertz CT molecular complexity index is 1510. The molecular formula is C26H23ClN2O4S2. The molecule has 0 aliphatic heterocycles. The highest BCUT2D eigenvalue weighted by molar-refractivity contribution is 7.92. The van der Waals surface area contributed by atoms with Crippen LogP contribution in [0.2, 0.25) is 5.02 Å². The quantitative estimate of drug-likeness (QED) is 0.270. The van der Waals surface area contributed by atoms with Crippen molar-refractivity contribution in [1.29, 1.82) is 0 Å². The van der Waals surface area contributed by atoms with Crippen LogP contribution in [0.3, 0.4) is 0 Å². The van der Waals surface area contributed by atoms with Gasteiger partial charge < -0.3 is 15.8 Å². The van der Waals surface area contributed by atoms with Crippen LogP contribution < -0.4 is 15.8 Å². The van der Waals surface area contributed by atoms with Crippen molar-refractivity contribution in [2.75, 3.05) is 18.2 Å². The Hall–Kier alpha value is -3.33. The summed E-state index contributed by atoms with van der Waals surface area (Å²) in [6.45, 7) is 3.85. The first kappa shape index (κ1) is 24.8. The molecular weight excluding hydrogens is 504 g/mol. The summed E-state index contributed by atoms with van der Waals surface area (Å²) in [4.78, 5) is 13.4. The molecule has 0 atom stereocenters. The zero-order valence-corrected chi connectivity index (χ0v) is 21.6. The van der Waals surface area contributed by atoms with Crippen LogP contribution in [-0.2, 0) is 9.84 Å². The minimum atomic E-state index is -4.07. The van der Waals surface area contributed by atoms with E-state index in [1.807, 2.05) is 32.0 Å². The number of nitrogens with one attached hydrogen (secondary N) is 1. The second-order valence-corrected chi connectivity index (χ2v) is 11.3. The summed E-state index contributed by atoms with van der Waals surface area (Å²) < 4.78 is 32.6. The molecule has 0 saturated carbocycles. The maximum Gasteiger partial charge on any atom is 0.211 e. The van der Waals surface area contributed by atoms with Gasteiger partial charge in [0, 0.05) is 16.3 Å². The number of ketones is 1. The van der Waals surface area contributed by atoms with E-state index in [9.17, 15) is 13.2 Å². The number of benzene rings is 3. The summed E-state index contributed by atoms with van der Waals surface area (Å²) in [6, 6.07) is 18.2. The fourth-order valence-electron chi connectivity index (χ4n) is 3.54. The van der Waals surface area contributed by atoms with Crippen LogP contribution in [0.4, 0.5) is 16.4 Å². The lowest BCUT2D eigenvalue weighted by Crippen LogP contribution is -2.08. The molecule has 1 heterocycles. The molecule has 3 aromatic carbocycles. The number of methoxy groups -OCH3 is 1. The van der Waals surface area contributed by atoms with Crippen LogP contribution in [0.15, 0.2) is 76.5 Å².